The second-order valence-electron chi connectivity index (χ2n) is 6.22. The molecule has 1 amide bonds. The van der Waals surface area contributed by atoms with E-state index in [2.05, 4.69) is 36.3 Å². The number of carbonyl (C=O) groups excluding carboxylic acids is 1. The first-order valence-corrected chi connectivity index (χ1v) is 7.72. The number of hydrogen-bond acceptors (Lipinski definition) is 2. The van der Waals surface area contributed by atoms with Gasteiger partial charge in [0.05, 0.1) is 0 Å². The van der Waals surface area contributed by atoms with Crippen molar-refractivity contribution >= 4 is 11.6 Å². The highest BCUT2D eigenvalue weighted by Gasteiger charge is 2.14. The molecule has 0 aromatic heterocycles. The molecule has 2 aromatic rings. The third-order valence-corrected chi connectivity index (χ3v) is 4.44. The Hall–Kier alpha value is -2.13. The zero-order valence-corrected chi connectivity index (χ0v) is 13.4. The van der Waals surface area contributed by atoms with Gasteiger partial charge < -0.3 is 10.2 Å². The lowest BCUT2D eigenvalue weighted by Gasteiger charge is -2.25. The Morgan fingerprint density at radius 3 is 2.64 bits per heavy atom. The Morgan fingerprint density at radius 1 is 1.05 bits per heavy atom. The maximum absolute atomic E-state index is 12.4. The third-order valence-electron chi connectivity index (χ3n) is 4.44. The van der Waals surface area contributed by atoms with Gasteiger partial charge in [0.15, 0.2) is 0 Å². The molecule has 0 spiro atoms. The summed E-state index contributed by atoms with van der Waals surface area (Å²) in [5, 5.41) is 3.01. The first-order valence-electron chi connectivity index (χ1n) is 7.72. The summed E-state index contributed by atoms with van der Waals surface area (Å²) in [5.41, 5.74) is 6.64. The van der Waals surface area contributed by atoms with Gasteiger partial charge in [-0.05, 0) is 73.8 Å². The number of aryl methyl sites for hydroxylation is 2. The lowest BCUT2D eigenvalue weighted by Crippen LogP contribution is -2.26. The van der Waals surface area contributed by atoms with Crippen molar-refractivity contribution in [2.45, 2.75) is 26.8 Å². The van der Waals surface area contributed by atoms with Crippen LogP contribution in [0.4, 0.5) is 5.69 Å². The fourth-order valence-corrected chi connectivity index (χ4v) is 2.86. The largest absolute Gasteiger partial charge is 0.322 e. The number of fused-ring (bicyclic) bond motifs is 1. The van der Waals surface area contributed by atoms with Crippen LogP contribution in [0, 0.1) is 13.8 Å². The Bertz CT molecular complexity index is 721. The zero-order valence-electron chi connectivity index (χ0n) is 13.4. The summed E-state index contributed by atoms with van der Waals surface area (Å²) in [7, 11) is 2.14. The summed E-state index contributed by atoms with van der Waals surface area (Å²) in [6.45, 7) is 6.14. The van der Waals surface area contributed by atoms with Gasteiger partial charge in [-0.15, -0.1) is 0 Å². The maximum Gasteiger partial charge on any atom is 0.255 e. The van der Waals surface area contributed by atoms with Crippen LogP contribution in [0.25, 0.3) is 0 Å². The molecule has 3 nitrogen and oxygen atoms in total. The Morgan fingerprint density at radius 2 is 1.86 bits per heavy atom. The number of nitrogens with one attached hydrogen (secondary N) is 1. The Balaban J connectivity index is 1.78. The smallest absolute Gasteiger partial charge is 0.255 e. The van der Waals surface area contributed by atoms with Crippen molar-refractivity contribution in [1.29, 1.82) is 0 Å². The molecule has 1 N–H and O–H groups in total. The van der Waals surface area contributed by atoms with E-state index in [9.17, 15) is 4.79 Å². The number of rotatable bonds is 2. The summed E-state index contributed by atoms with van der Waals surface area (Å²) in [6, 6.07) is 12.1. The van der Waals surface area contributed by atoms with E-state index in [0.29, 0.717) is 5.56 Å². The number of likely N-dealkylation sites (N-methyl/N-ethyl adjacent to an activating group) is 1. The molecule has 1 heterocycles. The summed E-state index contributed by atoms with van der Waals surface area (Å²) < 4.78 is 0. The zero-order chi connectivity index (χ0) is 15.7. The van der Waals surface area contributed by atoms with E-state index in [1.165, 1.54) is 16.7 Å². The number of amides is 1. The molecule has 0 saturated carbocycles. The fourth-order valence-electron chi connectivity index (χ4n) is 2.86. The minimum absolute atomic E-state index is 0.0454. The summed E-state index contributed by atoms with van der Waals surface area (Å²) in [4.78, 5) is 14.7. The average molecular weight is 294 g/mol. The van der Waals surface area contributed by atoms with Crippen molar-refractivity contribution in [3.8, 4) is 0 Å². The van der Waals surface area contributed by atoms with Gasteiger partial charge in [0.25, 0.3) is 5.91 Å². The molecule has 1 aliphatic rings. The van der Waals surface area contributed by atoms with Crippen LogP contribution in [0.3, 0.4) is 0 Å². The van der Waals surface area contributed by atoms with E-state index >= 15 is 0 Å². The van der Waals surface area contributed by atoms with Crippen LogP contribution in [-0.4, -0.2) is 24.4 Å². The first-order chi connectivity index (χ1) is 10.5. The van der Waals surface area contributed by atoms with E-state index in [4.69, 9.17) is 0 Å². The van der Waals surface area contributed by atoms with Crippen molar-refractivity contribution in [2.75, 3.05) is 18.9 Å². The van der Waals surface area contributed by atoms with Crippen LogP contribution in [0.2, 0.25) is 0 Å². The van der Waals surface area contributed by atoms with Crippen molar-refractivity contribution in [2.24, 2.45) is 0 Å². The minimum atomic E-state index is -0.0454. The summed E-state index contributed by atoms with van der Waals surface area (Å²) >= 11 is 0. The lowest BCUT2D eigenvalue weighted by atomic mass is 9.99. The van der Waals surface area contributed by atoms with Gasteiger partial charge in [0.1, 0.15) is 0 Å². The van der Waals surface area contributed by atoms with Crippen LogP contribution < -0.4 is 5.32 Å². The normalized spacial score (nSPS) is 14.5. The summed E-state index contributed by atoms with van der Waals surface area (Å²) in [5.74, 6) is -0.0454. The predicted octanol–water partition coefficient (Wildman–Crippen LogP) is 3.54. The van der Waals surface area contributed by atoms with Crippen LogP contribution in [0.1, 0.15) is 32.6 Å². The highest BCUT2D eigenvalue weighted by atomic mass is 16.1. The molecule has 2 aromatic carbocycles. The SMILES string of the molecule is Cc1ccc(C(=O)Nc2ccc3c(c2)CCN(C)C3)cc1C. The van der Waals surface area contributed by atoms with Crippen molar-refractivity contribution < 1.29 is 4.79 Å². The van der Waals surface area contributed by atoms with Crippen LogP contribution in [0.15, 0.2) is 36.4 Å². The number of benzene rings is 2. The Kier molecular flexibility index (Phi) is 3.99. The lowest BCUT2D eigenvalue weighted by molar-refractivity contribution is 0.102. The molecule has 22 heavy (non-hydrogen) atoms. The summed E-state index contributed by atoms with van der Waals surface area (Å²) in [6.07, 6.45) is 1.04. The van der Waals surface area contributed by atoms with Crippen LogP contribution in [-0.2, 0) is 13.0 Å². The maximum atomic E-state index is 12.4. The fraction of sp³-hybridized carbons (Fsp3) is 0.316. The molecule has 3 rings (SSSR count). The molecule has 3 heteroatoms. The highest BCUT2D eigenvalue weighted by Crippen LogP contribution is 2.22. The van der Waals surface area contributed by atoms with E-state index in [-0.39, 0.29) is 5.91 Å². The van der Waals surface area contributed by atoms with Gasteiger partial charge in [-0.25, -0.2) is 0 Å². The average Bonchev–Trinajstić information content (AvgIpc) is 2.50. The van der Waals surface area contributed by atoms with Crippen LogP contribution in [0.5, 0.6) is 0 Å². The van der Waals surface area contributed by atoms with Gasteiger partial charge in [0, 0.05) is 24.3 Å². The molecule has 0 aliphatic carbocycles. The number of carbonyl (C=O) groups is 1. The topological polar surface area (TPSA) is 32.3 Å². The molecule has 0 radical (unpaired) electrons. The molecule has 0 bridgehead atoms. The highest BCUT2D eigenvalue weighted by molar-refractivity contribution is 6.04. The molecule has 0 atom stereocenters. The number of nitrogens with zero attached hydrogens (tertiary/aromatic N) is 1. The number of hydrogen-bond donors (Lipinski definition) is 1. The third kappa shape index (κ3) is 3.04. The minimum Gasteiger partial charge on any atom is -0.322 e. The second-order valence-corrected chi connectivity index (χ2v) is 6.22. The van der Waals surface area contributed by atoms with E-state index in [0.717, 1.165) is 30.8 Å². The second kappa shape index (κ2) is 5.93. The molecule has 0 fully saturated rings. The molecule has 1 aliphatic heterocycles. The molecule has 114 valence electrons. The van der Waals surface area contributed by atoms with E-state index in [1.54, 1.807) is 0 Å². The molecular formula is C19H22N2O. The van der Waals surface area contributed by atoms with Gasteiger partial charge >= 0.3 is 0 Å². The van der Waals surface area contributed by atoms with Crippen molar-refractivity contribution in [3.63, 3.8) is 0 Å². The van der Waals surface area contributed by atoms with Crippen molar-refractivity contribution in [1.82, 2.24) is 4.90 Å². The Labute approximate surface area is 132 Å². The predicted molar refractivity (Wildman–Crippen MR) is 90.3 cm³/mol. The van der Waals surface area contributed by atoms with E-state index < -0.39 is 0 Å². The molecular weight excluding hydrogens is 272 g/mol. The van der Waals surface area contributed by atoms with E-state index in [1.807, 2.05) is 31.2 Å². The van der Waals surface area contributed by atoms with Gasteiger partial charge in [-0.3, -0.25) is 4.79 Å². The molecule has 0 saturated heterocycles. The molecule has 0 unspecified atom stereocenters. The van der Waals surface area contributed by atoms with Gasteiger partial charge in [0.2, 0.25) is 0 Å². The number of anilines is 1. The van der Waals surface area contributed by atoms with Crippen molar-refractivity contribution in [3.05, 3.63) is 64.2 Å². The first kappa shape index (κ1) is 14.8. The monoisotopic (exact) mass is 294 g/mol. The quantitative estimate of drug-likeness (QED) is 0.918. The standard InChI is InChI=1S/C19H22N2O/c1-13-4-5-16(10-14(13)2)19(22)20-18-7-6-17-12-21(3)9-8-15(17)11-18/h4-7,10-11H,8-9,12H2,1-3H3,(H,20,22). The van der Waals surface area contributed by atoms with Gasteiger partial charge in [-0.2, -0.15) is 0 Å². The van der Waals surface area contributed by atoms with Gasteiger partial charge in [-0.1, -0.05) is 12.1 Å². The van der Waals surface area contributed by atoms with Crippen LogP contribution >= 0.6 is 0 Å².